The summed E-state index contributed by atoms with van der Waals surface area (Å²) >= 11 is 0. The molecule has 1 heterocycles. The van der Waals surface area contributed by atoms with Gasteiger partial charge in [-0.2, -0.15) is 0 Å². The lowest BCUT2D eigenvalue weighted by molar-refractivity contribution is -0.155. The van der Waals surface area contributed by atoms with Crippen molar-refractivity contribution in [2.24, 2.45) is 5.92 Å². The van der Waals surface area contributed by atoms with Gasteiger partial charge in [-0.25, -0.2) is 0 Å². The normalized spacial score (nSPS) is 26.9. The average molecular weight is 229 g/mol. The molecule has 94 valence electrons. The van der Waals surface area contributed by atoms with Crippen molar-refractivity contribution in [3.05, 3.63) is 0 Å². The molecule has 2 atom stereocenters. The Morgan fingerprint density at radius 3 is 2.50 bits per heavy atom. The molecule has 1 aliphatic rings. The van der Waals surface area contributed by atoms with Crippen molar-refractivity contribution in [1.29, 1.82) is 0 Å². The van der Waals surface area contributed by atoms with Crippen molar-refractivity contribution < 1.29 is 14.3 Å². The quantitative estimate of drug-likeness (QED) is 0.732. The monoisotopic (exact) mass is 229 g/mol. The predicted octanol–water partition coefficient (Wildman–Crippen LogP) is 1.29. The molecule has 0 saturated carbocycles. The Morgan fingerprint density at radius 1 is 1.38 bits per heavy atom. The molecule has 0 spiro atoms. The molecule has 0 radical (unpaired) electrons. The van der Waals surface area contributed by atoms with E-state index in [2.05, 4.69) is 6.92 Å². The van der Waals surface area contributed by atoms with Gasteiger partial charge in [0.25, 0.3) is 5.91 Å². The molecular formula is C12H23NO3. The summed E-state index contributed by atoms with van der Waals surface area (Å²) in [5.74, 6) is 0.559. The first kappa shape index (κ1) is 13.5. The topological polar surface area (TPSA) is 38.8 Å². The highest BCUT2D eigenvalue weighted by molar-refractivity contribution is 5.84. The van der Waals surface area contributed by atoms with Gasteiger partial charge < -0.3 is 14.4 Å². The third-order valence-electron chi connectivity index (χ3n) is 3.50. The van der Waals surface area contributed by atoms with E-state index in [4.69, 9.17) is 9.47 Å². The summed E-state index contributed by atoms with van der Waals surface area (Å²) in [4.78, 5) is 14.0. The van der Waals surface area contributed by atoms with E-state index in [9.17, 15) is 4.79 Å². The first-order valence-corrected chi connectivity index (χ1v) is 5.79. The molecule has 16 heavy (non-hydrogen) atoms. The van der Waals surface area contributed by atoms with E-state index in [1.807, 2.05) is 4.90 Å². The summed E-state index contributed by atoms with van der Waals surface area (Å²) in [6.45, 7) is 7.23. The number of ether oxygens (including phenoxy) is 2. The van der Waals surface area contributed by atoms with Crippen LogP contribution in [0.25, 0.3) is 0 Å². The van der Waals surface area contributed by atoms with Gasteiger partial charge >= 0.3 is 0 Å². The van der Waals surface area contributed by atoms with Crippen LogP contribution in [-0.2, 0) is 14.3 Å². The van der Waals surface area contributed by atoms with Crippen LogP contribution in [0.5, 0.6) is 0 Å². The predicted molar refractivity (Wildman–Crippen MR) is 62.2 cm³/mol. The van der Waals surface area contributed by atoms with Gasteiger partial charge in [0, 0.05) is 27.3 Å². The molecule has 0 bridgehead atoms. The molecule has 0 aromatic rings. The van der Waals surface area contributed by atoms with Crippen molar-refractivity contribution in [2.45, 2.75) is 38.9 Å². The molecule has 4 nitrogen and oxygen atoms in total. The van der Waals surface area contributed by atoms with Crippen LogP contribution in [0.15, 0.2) is 0 Å². The van der Waals surface area contributed by atoms with Crippen LogP contribution < -0.4 is 0 Å². The Morgan fingerprint density at radius 2 is 2.00 bits per heavy atom. The zero-order valence-electron chi connectivity index (χ0n) is 10.9. The number of rotatable bonds is 3. The van der Waals surface area contributed by atoms with E-state index >= 15 is 0 Å². The van der Waals surface area contributed by atoms with Gasteiger partial charge in [0.2, 0.25) is 0 Å². The second-order valence-electron chi connectivity index (χ2n) is 5.01. The van der Waals surface area contributed by atoms with Crippen LogP contribution in [0, 0.1) is 5.92 Å². The van der Waals surface area contributed by atoms with Gasteiger partial charge in [-0.05, 0) is 26.2 Å². The highest BCUT2D eigenvalue weighted by atomic mass is 16.5. The molecule has 1 saturated heterocycles. The Kier molecular flexibility index (Phi) is 4.33. The summed E-state index contributed by atoms with van der Waals surface area (Å²) in [5.41, 5.74) is -0.737. The van der Waals surface area contributed by atoms with Crippen LogP contribution in [0.2, 0.25) is 0 Å². The molecule has 1 rings (SSSR count). The van der Waals surface area contributed by atoms with E-state index in [0.29, 0.717) is 12.5 Å². The van der Waals surface area contributed by atoms with E-state index in [1.54, 1.807) is 28.1 Å². The van der Waals surface area contributed by atoms with Gasteiger partial charge in [-0.1, -0.05) is 6.92 Å². The number of hydrogen-bond acceptors (Lipinski definition) is 3. The zero-order chi connectivity index (χ0) is 12.3. The van der Waals surface area contributed by atoms with Gasteiger partial charge in [-0.3, -0.25) is 4.79 Å². The van der Waals surface area contributed by atoms with Gasteiger partial charge in [0.05, 0.1) is 6.10 Å². The SMILES string of the molecule is COC1CN(C(=O)C(C)(C)OC)CCC1C. The number of hydrogen-bond donors (Lipinski definition) is 0. The fourth-order valence-electron chi connectivity index (χ4n) is 1.99. The average Bonchev–Trinajstić information content (AvgIpc) is 2.28. The van der Waals surface area contributed by atoms with E-state index in [0.717, 1.165) is 13.0 Å². The molecule has 1 aliphatic heterocycles. The van der Waals surface area contributed by atoms with Crippen LogP contribution in [0.4, 0.5) is 0 Å². The largest absolute Gasteiger partial charge is 0.379 e. The number of piperidine rings is 1. The van der Waals surface area contributed by atoms with Crippen molar-refractivity contribution in [1.82, 2.24) is 4.90 Å². The molecule has 0 aromatic carbocycles. The molecule has 4 heteroatoms. The first-order chi connectivity index (χ1) is 7.42. The molecule has 1 amide bonds. The van der Waals surface area contributed by atoms with E-state index in [-0.39, 0.29) is 12.0 Å². The maximum atomic E-state index is 12.2. The third-order valence-corrected chi connectivity index (χ3v) is 3.50. The number of carbonyl (C=O) groups excluding carboxylic acids is 1. The zero-order valence-corrected chi connectivity index (χ0v) is 10.9. The molecule has 1 fully saturated rings. The fourth-order valence-corrected chi connectivity index (χ4v) is 1.99. The van der Waals surface area contributed by atoms with Gasteiger partial charge in [0.15, 0.2) is 0 Å². The summed E-state index contributed by atoms with van der Waals surface area (Å²) in [7, 11) is 3.27. The number of carbonyl (C=O) groups is 1. The van der Waals surface area contributed by atoms with Crippen molar-refractivity contribution in [3.63, 3.8) is 0 Å². The molecule has 0 N–H and O–H groups in total. The van der Waals surface area contributed by atoms with Crippen LogP contribution in [-0.4, -0.2) is 49.8 Å². The number of amides is 1. The van der Waals surface area contributed by atoms with Gasteiger partial charge in [0.1, 0.15) is 5.60 Å². The minimum Gasteiger partial charge on any atom is -0.379 e. The third kappa shape index (κ3) is 2.74. The number of methoxy groups -OCH3 is 2. The molecular weight excluding hydrogens is 206 g/mol. The first-order valence-electron chi connectivity index (χ1n) is 5.79. The van der Waals surface area contributed by atoms with E-state index < -0.39 is 5.60 Å². The summed E-state index contributed by atoms with van der Waals surface area (Å²) in [6, 6.07) is 0. The number of nitrogens with zero attached hydrogens (tertiary/aromatic N) is 1. The lowest BCUT2D eigenvalue weighted by atomic mass is 9.94. The highest BCUT2D eigenvalue weighted by Gasteiger charge is 2.36. The molecule has 2 unspecified atom stereocenters. The Hall–Kier alpha value is -0.610. The molecule has 0 aromatic heterocycles. The number of likely N-dealkylation sites (tertiary alicyclic amines) is 1. The van der Waals surface area contributed by atoms with Crippen molar-refractivity contribution >= 4 is 5.91 Å². The maximum absolute atomic E-state index is 12.2. The lowest BCUT2D eigenvalue weighted by Gasteiger charge is -2.39. The van der Waals surface area contributed by atoms with E-state index in [1.165, 1.54) is 0 Å². The Balaban J connectivity index is 2.65. The minimum absolute atomic E-state index is 0.0453. The minimum atomic E-state index is -0.737. The fraction of sp³-hybridized carbons (Fsp3) is 0.917. The standard InChI is InChI=1S/C12H23NO3/c1-9-6-7-13(8-10(9)15-4)11(14)12(2,3)16-5/h9-10H,6-8H2,1-5H3. The van der Waals surface area contributed by atoms with Gasteiger partial charge in [-0.15, -0.1) is 0 Å². The Labute approximate surface area is 97.9 Å². The smallest absolute Gasteiger partial charge is 0.254 e. The maximum Gasteiger partial charge on any atom is 0.254 e. The summed E-state index contributed by atoms with van der Waals surface area (Å²) in [5, 5.41) is 0. The van der Waals surface area contributed by atoms with Crippen LogP contribution in [0.1, 0.15) is 27.2 Å². The second kappa shape index (κ2) is 5.15. The lowest BCUT2D eigenvalue weighted by Crippen LogP contribution is -2.53. The Bertz CT molecular complexity index is 253. The summed E-state index contributed by atoms with van der Waals surface area (Å²) in [6.07, 6.45) is 1.13. The van der Waals surface area contributed by atoms with Crippen molar-refractivity contribution in [2.75, 3.05) is 27.3 Å². The van der Waals surface area contributed by atoms with Crippen molar-refractivity contribution in [3.8, 4) is 0 Å². The molecule has 0 aliphatic carbocycles. The second-order valence-corrected chi connectivity index (χ2v) is 5.01. The van der Waals surface area contributed by atoms with Crippen LogP contribution in [0.3, 0.4) is 0 Å². The summed E-state index contributed by atoms with van der Waals surface area (Å²) < 4.78 is 10.6. The highest BCUT2D eigenvalue weighted by Crippen LogP contribution is 2.22. The van der Waals surface area contributed by atoms with Crippen LogP contribution >= 0.6 is 0 Å².